The Labute approximate surface area is 144 Å². The predicted molar refractivity (Wildman–Crippen MR) is 89.0 cm³/mol. The number of hydrogen-bond donors (Lipinski definition) is 6. The molecule has 0 amide bonds. The van der Waals surface area contributed by atoms with Gasteiger partial charge in [-0.05, 0) is 12.1 Å². The predicted octanol–water partition coefficient (Wildman–Crippen LogP) is -3.05. The second kappa shape index (κ2) is 6.80. The molecule has 0 unspecified atom stereocenters. The van der Waals surface area contributed by atoms with Crippen molar-refractivity contribution >= 4 is 11.2 Å². The molecule has 11 heteroatoms. The summed E-state index contributed by atoms with van der Waals surface area (Å²) in [5.41, 5.74) is -1.71. The maximum Gasteiger partial charge on any atom is 0.327 e. The molecule has 0 radical (unpaired) electrons. The molecule has 0 saturated carbocycles. The number of hydrogen-bond acceptors (Lipinski definition) is 8. The largest absolute Gasteiger partial charge is 0.394 e. The Hall–Kier alpha value is -2.86. The van der Waals surface area contributed by atoms with Gasteiger partial charge in [0, 0.05) is 6.07 Å². The highest BCUT2D eigenvalue weighted by atomic mass is 16.4. The number of nitrogens with zero attached hydrogens (tertiary/aromatic N) is 2. The lowest BCUT2D eigenvalue weighted by Gasteiger charge is -2.25. The number of H-pyrrole nitrogens is 2. The summed E-state index contributed by atoms with van der Waals surface area (Å²) in [6, 6.07) is 3.82. The molecular formula is C15H16N4O7. The molecule has 6 N–H and O–H groups in total. The van der Waals surface area contributed by atoms with Crippen LogP contribution in [0.2, 0.25) is 0 Å². The van der Waals surface area contributed by atoms with Gasteiger partial charge in [-0.1, -0.05) is 0 Å². The number of aromatic nitrogens is 4. The van der Waals surface area contributed by atoms with Crippen molar-refractivity contribution in [2.24, 2.45) is 0 Å². The Morgan fingerprint density at radius 1 is 1.08 bits per heavy atom. The molecule has 1 aromatic rings. The number of aromatic amines is 2. The normalized spacial score (nSPS) is 15.2. The van der Waals surface area contributed by atoms with Gasteiger partial charge in [-0.15, -0.1) is 0 Å². The first kappa shape index (κ1) is 17.9. The van der Waals surface area contributed by atoms with Crippen molar-refractivity contribution in [3.05, 3.63) is 49.3 Å². The number of rotatable bonds is 5. The second-order valence-corrected chi connectivity index (χ2v) is 5.79. The van der Waals surface area contributed by atoms with E-state index in [0.717, 1.165) is 0 Å². The number of nitrogens with one attached hydrogen (secondary N) is 2. The molecule has 1 aromatic heterocycles. The number of aliphatic hydroxyl groups excluding tert-OH is 4. The van der Waals surface area contributed by atoms with Gasteiger partial charge in [-0.3, -0.25) is 19.6 Å². The molecule has 0 spiro atoms. The van der Waals surface area contributed by atoms with Crippen LogP contribution in [0, 0.1) is 0 Å². The van der Waals surface area contributed by atoms with Gasteiger partial charge >= 0.3 is 5.69 Å². The minimum absolute atomic E-state index is 0.0680. The Morgan fingerprint density at radius 3 is 2.50 bits per heavy atom. The number of benzene rings is 1. The summed E-state index contributed by atoms with van der Waals surface area (Å²) in [7, 11) is 0. The van der Waals surface area contributed by atoms with Gasteiger partial charge in [0.1, 0.15) is 24.0 Å². The molecule has 1 aliphatic carbocycles. The molecule has 2 heterocycles. The summed E-state index contributed by atoms with van der Waals surface area (Å²) >= 11 is 0. The third-order valence-electron chi connectivity index (χ3n) is 3.98. The first-order valence-corrected chi connectivity index (χ1v) is 7.64. The van der Waals surface area contributed by atoms with Crippen LogP contribution in [0.4, 0.5) is 0 Å². The van der Waals surface area contributed by atoms with E-state index in [2.05, 4.69) is 9.97 Å². The fraction of sp³-hybridized carbons (Fsp3) is 0.333. The maximum atomic E-state index is 12.0. The van der Waals surface area contributed by atoms with Crippen molar-refractivity contribution in [1.29, 1.82) is 0 Å². The summed E-state index contributed by atoms with van der Waals surface area (Å²) in [5, 5.41) is 38.4. The average molecular weight is 364 g/mol. The molecule has 1 aliphatic heterocycles. The highest BCUT2D eigenvalue weighted by molar-refractivity contribution is 5.76. The molecule has 138 valence electrons. The van der Waals surface area contributed by atoms with E-state index in [1.807, 2.05) is 4.98 Å². The molecular weight excluding hydrogens is 348 g/mol. The maximum absolute atomic E-state index is 12.0. The van der Waals surface area contributed by atoms with Crippen LogP contribution in [-0.4, -0.2) is 64.9 Å². The number of aliphatic hydroxyl groups is 4. The zero-order valence-corrected chi connectivity index (χ0v) is 13.3. The third-order valence-corrected chi connectivity index (χ3v) is 3.98. The highest BCUT2D eigenvalue weighted by Gasteiger charge is 2.26. The summed E-state index contributed by atoms with van der Waals surface area (Å²) in [6.45, 7) is -1.17. The van der Waals surface area contributed by atoms with Crippen LogP contribution in [-0.2, 0) is 6.54 Å². The van der Waals surface area contributed by atoms with E-state index in [0.29, 0.717) is 0 Å². The smallest absolute Gasteiger partial charge is 0.327 e. The lowest BCUT2D eigenvalue weighted by molar-refractivity contribution is -0.0802. The number of fused-ring (bicyclic) bond motifs is 2. The van der Waals surface area contributed by atoms with Crippen LogP contribution in [0.15, 0.2) is 32.6 Å². The third kappa shape index (κ3) is 3.15. The lowest BCUT2D eigenvalue weighted by atomic mass is 10.1. The van der Waals surface area contributed by atoms with Crippen LogP contribution in [0.25, 0.3) is 22.6 Å². The second-order valence-electron chi connectivity index (χ2n) is 5.79. The van der Waals surface area contributed by atoms with E-state index in [1.54, 1.807) is 0 Å². The molecule has 3 rings (SSSR count). The molecule has 26 heavy (non-hydrogen) atoms. The molecule has 0 bridgehead atoms. The van der Waals surface area contributed by atoms with Gasteiger partial charge in [0.25, 0.3) is 5.56 Å². The molecule has 0 fully saturated rings. The standard InChI is InChI=1S/C15H16N4O7/c20-5-10(23)12(24)9(22)4-19-8-3-6(21)1-2-7(8)16-11-13(19)17-15(26)18-14(11)25/h1-3,9-10,12,20,22-24H,4-5H2,(H2,17,18,25,26)/t9-,10+,12-/m0/s1. The van der Waals surface area contributed by atoms with Crippen molar-refractivity contribution in [2.45, 2.75) is 24.9 Å². The van der Waals surface area contributed by atoms with Crippen molar-refractivity contribution < 1.29 is 20.4 Å². The average Bonchev–Trinajstić information content (AvgIpc) is 2.61. The minimum atomic E-state index is -1.70. The zero-order valence-electron chi connectivity index (χ0n) is 13.3. The van der Waals surface area contributed by atoms with Crippen molar-refractivity contribution in [3.63, 3.8) is 0 Å². The van der Waals surface area contributed by atoms with Crippen molar-refractivity contribution in [2.75, 3.05) is 6.61 Å². The van der Waals surface area contributed by atoms with Crippen molar-refractivity contribution in [1.82, 2.24) is 19.5 Å². The minimum Gasteiger partial charge on any atom is -0.394 e. The molecule has 0 aromatic carbocycles. The van der Waals surface area contributed by atoms with Crippen LogP contribution < -0.4 is 16.7 Å². The fourth-order valence-electron chi connectivity index (χ4n) is 2.67. The Bertz CT molecular complexity index is 1090. The van der Waals surface area contributed by atoms with E-state index in [4.69, 9.17) is 5.11 Å². The van der Waals surface area contributed by atoms with E-state index in [9.17, 15) is 29.7 Å². The summed E-state index contributed by atoms with van der Waals surface area (Å²) in [5.74, 6) is 0. The van der Waals surface area contributed by atoms with Gasteiger partial charge in [-0.2, -0.15) is 0 Å². The Morgan fingerprint density at radius 2 is 1.81 bits per heavy atom. The van der Waals surface area contributed by atoms with Gasteiger partial charge < -0.3 is 25.0 Å². The van der Waals surface area contributed by atoms with Gasteiger partial charge in [-0.25, -0.2) is 9.78 Å². The quantitative estimate of drug-likeness (QED) is 0.258. The summed E-state index contributed by atoms with van der Waals surface area (Å²) < 4.78 is 1.24. The SMILES string of the molecule is O=c1ccc2nc3c(=O)[nH]c(=O)[nH]c3n(C[C@H](O)[C@H](O)[C@H](O)CO)c-2c1. The molecule has 3 atom stereocenters. The monoisotopic (exact) mass is 364 g/mol. The van der Waals surface area contributed by atoms with Crippen LogP contribution >= 0.6 is 0 Å². The first-order chi connectivity index (χ1) is 12.3. The fourth-order valence-corrected chi connectivity index (χ4v) is 2.67. The van der Waals surface area contributed by atoms with Gasteiger partial charge in [0.15, 0.2) is 10.9 Å². The summed E-state index contributed by atoms with van der Waals surface area (Å²) in [4.78, 5) is 43.9. The Balaban J connectivity index is 2.26. The van der Waals surface area contributed by atoms with Crippen LogP contribution in [0.5, 0.6) is 0 Å². The summed E-state index contributed by atoms with van der Waals surface area (Å²) in [6.07, 6.45) is -4.87. The van der Waals surface area contributed by atoms with Crippen LogP contribution in [0.1, 0.15) is 0 Å². The van der Waals surface area contributed by atoms with E-state index in [1.165, 1.54) is 22.8 Å². The van der Waals surface area contributed by atoms with E-state index in [-0.39, 0.29) is 28.0 Å². The highest BCUT2D eigenvalue weighted by Crippen LogP contribution is 2.22. The van der Waals surface area contributed by atoms with Gasteiger partial charge in [0.2, 0.25) is 0 Å². The molecule has 0 saturated heterocycles. The topological polar surface area (TPSA) is 182 Å². The molecule has 2 aliphatic rings. The van der Waals surface area contributed by atoms with E-state index < -0.39 is 42.7 Å². The lowest BCUT2D eigenvalue weighted by Crippen LogP contribution is -2.42. The van der Waals surface area contributed by atoms with Gasteiger partial charge in [0.05, 0.1) is 24.5 Å². The first-order valence-electron chi connectivity index (χ1n) is 7.64. The van der Waals surface area contributed by atoms with E-state index >= 15 is 0 Å². The Kier molecular flexibility index (Phi) is 4.70. The van der Waals surface area contributed by atoms with Crippen LogP contribution in [0.3, 0.4) is 0 Å². The zero-order chi connectivity index (χ0) is 19.0. The van der Waals surface area contributed by atoms with Crippen molar-refractivity contribution in [3.8, 4) is 11.4 Å². The molecule has 11 nitrogen and oxygen atoms in total.